The van der Waals surface area contributed by atoms with Gasteiger partial charge in [0.1, 0.15) is 5.58 Å². The fourth-order valence-corrected chi connectivity index (χ4v) is 6.63. The van der Waals surface area contributed by atoms with Gasteiger partial charge in [0.25, 0.3) is 5.89 Å². The van der Waals surface area contributed by atoms with Gasteiger partial charge in [-0.05, 0) is 61.6 Å². The first-order valence-corrected chi connectivity index (χ1v) is 13.2. The fourth-order valence-electron chi connectivity index (χ4n) is 4.92. The van der Waals surface area contributed by atoms with Crippen LogP contribution in [0.2, 0.25) is 0 Å². The lowest BCUT2D eigenvalue weighted by molar-refractivity contribution is 0.222. The molecular formula is C26H29N3O6S. The molecule has 0 saturated carbocycles. The van der Waals surface area contributed by atoms with E-state index in [9.17, 15) is 8.42 Å². The van der Waals surface area contributed by atoms with Gasteiger partial charge in [-0.15, -0.1) is 0 Å². The number of piperidine rings is 1. The van der Waals surface area contributed by atoms with Crippen molar-refractivity contribution in [2.24, 2.45) is 11.8 Å². The third kappa shape index (κ3) is 4.24. The van der Waals surface area contributed by atoms with Gasteiger partial charge in [0.05, 0.1) is 19.1 Å². The highest BCUT2D eigenvalue weighted by molar-refractivity contribution is 7.89. The maximum atomic E-state index is 13.4. The quantitative estimate of drug-likeness (QED) is 0.350. The number of sulfonamides is 1. The summed E-state index contributed by atoms with van der Waals surface area (Å²) in [5.41, 5.74) is 1.97. The molecule has 1 aliphatic rings. The molecule has 10 heteroatoms. The van der Waals surface area contributed by atoms with Gasteiger partial charge in [-0.3, -0.25) is 0 Å². The summed E-state index contributed by atoms with van der Waals surface area (Å²) in [4.78, 5) is 4.76. The van der Waals surface area contributed by atoms with Gasteiger partial charge in [0, 0.05) is 29.6 Å². The Labute approximate surface area is 210 Å². The monoisotopic (exact) mass is 511 g/mol. The number of ether oxygens (including phenoxy) is 2. The maximum Gasteiger partial charge on any atom is 0.294 e. The number of hydrogen-bond acceptors (Lipinski definition) is 8. The van der Waals surface area contributed by atoms with Crippen molar-refractivity contribution < 1.29 is 26.8 Å². The van der Waals surface area contributed by atoms with Gasteiger partial charge in [-0.2, -0.15) is 9.29 Å². The normalized spacial score (nSPS) is 19.0. The predicted molar refractivity (Wildman–Crippen MR) is 134 cm³/mol. The van der Waals surface area contributed by atoms with Gasteiger partial charge in [-0.25, -0.2) is 8.42 Å². The first-order valence-electron chi connectivity index (χ1n) is 11.8. The highest BCUT2D eigenvalue weighted by Gasteiger charge is 2.32. The number of nitrogens with zero attached hydrogens (tertiary/aromatic N) is 3. The van der Waals surface area contributed by atoms with Crippen molar-refractivity contribution in [1.82, 2.24) is 14.4 Å². The number of aryl methyl sites for hydroxylation is 1. The van der Waals surface area contributed by atoms with Crippen LogP contribution in [0.1, 0.15) is 25.8 Å². The molecule has 0 amide bonds. The van der Waals surface area contributed by atoms with E-state index in [0.29, 0.717) is 64.5 Å². The van der Waals surface area contributed by atoms with E-state index in [1.165, 1.54) is 0 Å². The molecule has 0 radical (unpaired) electrons. The number of methoxy groups -OCH3 is 2. The summed E-state index contributed by atoms with van der Waals surface area (Å²) >= 11 is 0. The molecule has 2 atom stereocenters. The lowest BCUT2D eigenvalue weighted by atomic mass is 9.94. The zero-order valence-electron chi connectivity index (χ0n) is 20.9. The molecule has 3 heterocycles. The average Bonchev–Trinajstić information content (AvgIpc) is 3.47. The van der Waals surface area contributed by atoms with Crippen molar-refractivity contribution in [3.05, 3.63) is 42.0 Å². The zero-order chi connectivity index (χ0) is 25.6. The Hall–Kier alpha value is -3.37. The van der Waals surface area contributed by atoms with Gasteiger partial charge in [0.2, 0.25) is 15.8 Å². The lowest BCUT2D eigenvalue weighted by Gasteiger charge is -2.34. The minimum absolute atomic E-state index is 0.205. The van der Waals surface area contributed by atoms with E-state index in [-0.39, 0.29) is 10.8 Å². The molecule has 190 valence electrons. The fraction of sp³-hybridized carbons (Fsp3) is 0.385. The van der Waals surface area contributed by atoms with E-state index >= 15 is 0 Å². The van der Waals surface area contributed by atoms with E-state index in [0.717, 1.165) is 12.0 Å². The topological polar surface area (TPSA) is 108 Å². The molecule has 0 bridgehead atoms. The van der Waals surface area contributed by atoms with E-state index in [4.69, 9.17) is 18.4 Å². The van der Waals surface area contributed by atoms with E-state index < -0.39 is 10.0 Å². The van der Waals surface area contributed by atoms with Crippen molar-refractivity contribution in [3.63, 3.8) is 0 Å². The molecule has 9 nitrogen and oxygen atoms in total. The highest BCUT2D eigenvalue weighted by atomic mass is 32.2. The third-order valence-electron chi connectivity index (χ3n) is 6.64. The predicted octanol–water partition coefficient (Wildman–Crippen LogP) is 5.14. The summed E-state index contributed by atoms with van der Waals surface area (Å²) in [6.45, 7) is 7.09. The van der Waals surface area contributed by atoms with Crippen molar-refractivity contribution >= 4 is 21.0 Å². The summed E-state index contributed by atoms with van der Waals surface area (Å²) < 4.78 is 50.6. The molecule has 5 rings (SSSR count). The number of hydrogen-bond donors (Lipinski definition) is 0. The smallest absolute Gasteiger partial charge is 0.294 e. The van der Waals surface area contributed by atoms with Gasteiger partial charge in [-0.1, -0.05) is 19.0 Å². The molecule has 0 unspecified atom stereocenters. The number of benzene rings is 2. The Morgan fingerprint density at radius 3 is 2.42 bits per heavy atom. The first kappa shape index (κ1) is 24.3. The van der Waals surface area contributed by atoms with Crippen LogP contribution in [0.3, 0.4) is 0 Å². The SMILES string of the molecule is COc1ccc(-c2noc(-c3oc4ccc(S(=O)(=O)N5C[C@H](C)C[C@H](C)C5)cc4c3C)n2)cc1OC. The summed E-state index contributed by atoms with van der Waals surface area (Å²) in [7, 11) is -0.492. The van der Waals surface area contributed by atoms with E-state index in [1.54, 1.807) is 54.9 Å². The molecule has 0 aliphatic carbocycles. The van der Waals surface area contributed by atoms with Crippen LogP contribution < -0.4 is 9.47 Å². The van der Waals surface area contributed by atoms with Crippen LogP contribution >= 0.6 is 0 Å². The number of aromatic nitrogens is 2. The molecule has 4 aromatic rings. The molecular weight excluding hydrogens is 482 g/mol. The second-order valence-electron chi connectivity index (χ2n) is 9.48. The second kappa shape index (κ2) is 9.25. The van der Waals surface area contributed by atoms with Crippen molar-refractivity contribution in [3.8, 4) is 34.5 Å². The maximum absolute atomic E-state index is 13.4. The average molecular weight is 512 g/mol. The summed E-state index contributed by atoms with van der Waals surface area (Å²) in [6, 6.07) is 10.3. The zero-order valence-corrected chi connectivity index (χ0v) is 21.8. The molecule has 1 aliphatic heterocycles. The largest absolute Gasteiger partial charge is 0.493 e. The number of furan rings is 1. The Balaban J connectivity index is 1.49. The van der Waals surface area contributed by atoms with Crippen LogP contribution in [0.5, 0.6) is 11.5 Å². The molecule has 0 N–H and O–H groups in total. The lowest BCUT2D eigenvalue weighted by Crippen LogP contribution is -2.42. The van der Waals surface area contributed by atoms with Crippen LogP contribution in [0.4, 0.5) is 0 Å². The van der Waals surface area contributed by atoms with Crippen molar-refractivity contribution in [2.75, 3.05) is 27.3 Å². The molecule has 1 fully saturated rings. The third-order valence-corrected chi connectivity index (χ3v) is 8.47. The molecule has 1 saturated heterocycles. The van der Waals surface area contributed by atoms with E-state index in [2.05, 4.69) is 24.0 Å². The highest BCUT2D eigenvalue weighted by Crippen LogP contribution is 2.36. The number of rotatable bonds is 6. The molecule has 2 aromatic carbocycles. The second-order valence-corrected chi connectivity index (χ2v) is 11.4. The minimum atomic E-state index is -3.62. The summed E-state index contributed by atoms with van der Waals surface area (Å²) in [6.07, 6.45) is 1.03. The Bertz CT molecular complexity index is 1510. The number of fused-ring (bicyclic) bond motifs is 1. The Morgan fingerprint density at radius 2 is 1.72 bits per heavy atom. The Morgan fingerprint density at radius 1 is 1.00 bits per heavy atom. The van der Waals surface area contributed by atoms with Crippen LogP contribution in [-0.4, -0.2) is 50.2 Å². The van der Waals surface area contributed by atoms with Crippen LogP contribution in [0.15, 0.2) is 50.2 Å². The molecule has 0 spiro atoms. The van der Waals surface area contributed by atoms with Gasteiger partial charge >= 0.3 is 0 Å². The summed E-state index contributed by atoms with van der Waals surface area (Å²) in [5, 5.41) is 4.78. The van der Waals surface area contributed by atoms with E-state index in [1.807, 2.05) is 6.92 Å². The summed E-state index contributed by atoms with van der Waals surface area (Å²) in [5.74, 6) is 2.77. The molecule has 36 heavy (non-hydrogen) atoms. The Kier molecular flexibility index (Phi) is 6.25. The standard InChI is InChI=1S/C26H29N3O6S/c1-15-10-16(2)14-29(13-15)36(30,31)19-7-9-21-20(12-19)17(3)24(34-21)26-27-25(28-35-26)18-6-8-22(32-4)23(11-18)33-5/h6-9,11-12,15-16H,10,13-14H2,1-5H3/t15-,16+. The van der Waals surface area contributed by atoms with Crippen molar-refractivity contribution in [1.29, 1.82) is 0 Å². The molecule has 2 aromatic heterocycles. The van der Waals surface area contributed by atoms with Crippen LogP contribution in [0.25, 0.3) is 34.0 Å². The van der Waals surface area contributed by atoms with Gasteiger partial charge in [0.15, 0.2) is 17.3 Å². The van der Waals surface area contributed by atoms with Crippen LogP contribution in [0, 0.1) is 18.8 Å². The van der Waals surface area contributed by atoms with Crippen molar-refractivity contribution in [2.45, 2.75) is 32.1 Å². The first-order chi connectivity index (χ1) is 17.2. The van der Waals surface area contributed by atoms with Crippen LogP contribution in [-0.2, 0) is 10.0 Å². The minimum Gasteiger partial charge on any atom is -0.493 e. The van der Waals surface area contributed by atoms with Gasteiger partial charge < -0.3 is 18.4 Å².